The summed E-state index contributed by atoms with van der Waals surface area (Å²) in [5, 5.41) is 107. The smallest absolute Gasteiger partial charge is 0.187 e. The number of rotatable bonds is 8. The lowest BCUT2D eigenvalue weighted by molar-refractivity contribution is -0.394. The fourth-order valence-electron chi connectivity index (χ4n) is 14.4. The number of ether oxygens (including phenoxy) is 8. The molecule has 0 aromatic rings. The minimum Gasteiger partial charge on any atom is -0.394 e. The third-order valence-electron chi connectivity index (χ3n) is 17.9. The lowest BCUT2D eigenvalue weighted by atomic mass is 9.44. The highest BCUT2D eigenvalue weighted by Crippen LogP contribution is 2.71. The van der Waals surface area contributed by atoms with Crippen molar-refractivity contribution < 1.29 is 89.0 Å². The van der Waals surface area contributed by atoms with E-state index in [0.29, 0.717) is 48.3 Å². The Morgan fingerprint density at radius 1 is 0.613 bits per heavy atom. The number of hydrogen-bond donors (Lipinski definition) is 10. The molecule has 1 spiro atoms. The summed E-state index contributed by atoms with van der Waals surface area (Å²) in [6.07, 6.45) is -16.2. The van der Waals surface area contributed by atoms with E-state index in [1.54, 1.807) is 0 Å². The van der Waals surface area contributed by atoms with Crippen molar-refractivity contribution in [2.45, 2.75) is 196 Å². The van der Waals surface area contributed by atoms with E-state index < -0.39 is 124 Å². The van der Waals surface area contributed by atoms with E-state index in [1.807, 2.05) is 0 Å². The first-order valence-corrected chi connectivity index (χ1v) is 23.3. The summed E-state index contributed by atoms with van der Waals surface area (Å²) < 4.78 is 49.6. The third-order valence-corrected chi connectivity index (χ3v) is 17.9. The predicted molar refractivity (Wildman–Crippen MR) is 211 cm³/mol. The van der Waals surface area contributed by atoms with Crippen LogP contribution in [0.15, 0.2) is 0 Å². The van der Waals surface area contributed by atoms with Gasteiger partial charge in [-0.05, 0) is 97.7 Å². The van der Waals surface area contributed by atoms with E-state index in [-0.39, 0.29) is 22.9 Å². The van der Waals surface area contributed by atoms with Crippen LogP contribution >= 0.6 is 0 Å². The molecule has 0 aromatic carbocycles. The molecule has 10 N–H and O–H groups in total. The minimum atomic E-state index is -1.87. The summed E-state index contributed by atoms with van der Waals surface area (Å²) in [6.45, 7) is 8.27. The monoisotopic (exact) mass is 888 g/mol. The van der Waals surface area contributed by atoms with Crippen molar-refractivity contribution in [3.8, 4) is 0 Å². The van der Waals surface area contributed by atoms with Crippen molar-refractivity contribution in [3.05, 3.63) is 0 Å². The average molecular weight is 889 g/mol. The minimum absolute atomic E-state index is 0.139. The van der Waals surface area contributed by atoms with Gasteiger partial charge in [0.2, 0.25) is 0 Å². The molecule has 4 aliphatic carbocycles. The molecule has 0 radical (unpaired) electrons. The Labute approximate surface area is 362 Å². The van der Waals surface area contributed by atoms with Crippen LogP contribution < -0.4 is 0 Å². The van der Waals surface area contributed by atoms with E-state index >= 15 is 0 Å². The van der Waals surface area contributed by atoms with Crippen LogP contribution in [0, 0.1) is 52.3 Å². The molecule has 27 atom stereocenters. The van der Waals surface area contributed by atoms with Crippen molar-refractivity contribution in [3.63, 3.8) is 0 Å². The molecular weight excluding hydrogens is 816 g/mol. The van der Waals surface area contributed by atoms with Gasteiger partial charge in [-0.2, -0.15) is 0 Å². The van der Waals surface area contributed by atoms with Gasteiger partial charge in [0, 0.05) is 12.3 Å². The standard InChI is InChI=1S/C44H72O18/c1-18-7-10-44(56-16-18)19(2)30-27(62-44)12-23-21-6-5-20-11-26(24(47)13-43(20,4)22(21)8-9-42(23,30)3)57-41-38(61-40-36(54)34(52)32(50)28(14-45)58-40)37(33(51)29(15-46)59-41)60-39-35(53)31(49)25(48)17-55-39/h18-41,45-54H,5-17H2,1-4H3/t18-,19-,20+,21+,22-,23-,24-,25+,26+,27-,28+,29+,30-,31-,32+,33-,34-,35+,36+,37-,38+,39-,40-,41+,42-,43-,44+/m0/s1. The Kier molecular flexibility index (Phi) is 13.0. The average Bonchev–Trinajstić information content (AvgIpc) is 3.69. The van der Waals surface area contributed by atoms with Gasteiger partial charge in [0.05, 0.1) is 44.7 Å². The highest BCUT2D eigenvalue weighted by molar-refractivity contribution is 5.16. The van der Waals surface area contributed by atoms with Gasteiger partial charge < -0.3 is 89.0 Å². The molecule has 18 nitrogen and oxygen atoms in total. The number of aliphatic hydroxyl groups excluding tert-OH is 10. The summed E-state index contributed by atoms with van der Waals surface area (Å²) in [5.41, 5.74) is -0.0485. The Morgan fingerprint density at radius 2 is 1.31 bits per heavy atom. The van der Waals surface area contributed by atoms with Gasteiger partial charge in [0.25, 0.3) is 0 Å². The van der Waals surface area contributed by atoms with Gasteiger partial charge in [-0.3, -0.25) is 0 Å². The summed E-state index contributed by atoms with van der Waals surface area (Å²) in [4.78, 5) is 0. The van der Waals surface area contributed by atoms with Crippen LogP contribution in [0.2, 0.25) is 0 Å². The van der Waals surface area contributed by atoms with Crippen LogP contribution in [0.1, 0.15) is 85.5 Å². The summed E-state index contributed by atoms with van der Waals surface area (Å²) >= 11 is 0. The highest BCUT2D eigenvalue weighted by atomic mass is 16.8. The molecular formula is C44H72O18. The van der Waals surface area contributed by atoms with Gasteiger partial charge >= 0.3 is 0 Å². The molecule has 5 aliphatic heterocycles. The Morgan fingerprint density at radius 3 is 2.02 bits per heavy atom. The van der Waals surface area contributed by atoms with Crippen LogP contribution in [-0.4, -0.2) is 188 Å². The van der Waals surface area contributed by atoms with Gasteiger partial charge in [0.15, 0.2) is 24.7 Å². The Bertz CT molecular complexity index is 1550. The second-order valence-corrected chi connectivity index (χ2v) is 21.2. The van der Waals surface area contributed by atoms with Crippen LogP contribution in [0.5, 0.6) is 0 Å². The fourth-order valence-corrected chi connectivity index (χ4v) is 14.4. The second-order valence-electron chi connectivity index (χ2n) is 21.2. The first kappa shape index (κ1) is 46.4. The molecule has 4 saturated carbocycles. The number of hydrogen-bond acceptors (Lipinski definition) is 18. The molecule has 0 aromatic heterocycles. The SMILES string of the molecule is C[C@H]1CC[C@@]2(OC1)O[C@H]1C[C@H]3[C@@H]4CC[C@@H]5C[C@@H](O[C@@H]6O[C@H](CO)[C@H](O)[C@H](O[C@@H]7OC[C@@H](O)[C@H](O)[C@H]7O)[C@H]6O[C@@H]6O[C@H](CO)[C@@H](O)[C@H](O)[C@H]6O)[C@@H](O)C[C@]5(C)[C@H]4CC[C@]3(C)[C@H]1[C@@H]2C. The van der Waals surface area contributed by atoms with Crippen LogP contribution in [0.25, 0.3) is 0 Å². The third kappa shape index (κ3) is 7.55. The fraction of sp³-hybridized carbons (Fsp3) is 1.00. The van der Waals surface area contributed by atoms with Crippen molar-refractivity contribution in [1.82, 2.24) is 0 Å². The van der Waals surface area contributed by atoms with Gasteiger partial charge in [-0.15, -0.1) is 0 Å². The van der Waals surface area contributed by atoms with E-state index in [4.69, 9.17) is 37.9 Å². The largest absolute Gasteiger partial charge is 0.394 e. The maximum Gasteiger partial charge on any atom is 0.187 e. The van der Waals surface area contributed by atoms with Crippen LogP contribution in [0.3, 0.4) is 0 Å². The van der Waals surface area contributed by atoms with Crippen LogP contribution in [-0.2, 0) is 37.9 Å². The molecule has 0 amide bonds. The lowest BCUT2D eigenvalue weighted by Crippen LogP contribution is -2.67. The van der Waals surface area contributed by atoms with Gasteiger partial charge in [0.1, 0.15) is 67.1 Å². The molecule has 62 heavy (non-hydrogen) atoms. The highest BCUT2D eigenvalue weighted by Gasteiger charge is 2.69. The Hall–Kier alpha value is -0.720. The number of aliphatic hydroxyl groups is 10. The van der Waals surface area contributed by atoms with Gasteiger partial charge in [-0.1, -0.05) is 27.7 Å². The normalized spacial score (nSPS) is 58.9. The molecule has 356 valence electrons. The van der Waals surface area contributed by atoms with Crippen molar-refractivity contribution in [2.75, 3.05) is 26.4 Å². The maximum absolute atomic E-state index is 12.1. The first-order chi connectivity index (χ1) is 29.4. The second kappa shape index (κ2) is 17.4. The quantitative estimate of drug-likeness (QED) is 0.129. The van der Waals surface area contributed by atoms with E-state index in [2.05, 4.69) is 27.7 Å². The zero-order valence-corrected chi connectivity index (χ0v) is 36.3. The molecule has 5 heterocycles. The topological polar surface area (TPSA) is 276 Å². The lowest BCUT2D eigenvalue weighted by Gasteiger charge is -2.62. The Balaban J connectivity index is 0.934. The van der Waals surface area contributed by atoms with E-state index in [0.717, 1.165) is 51.6 Å². The van der Waals surface area contributed by atoms with Crippen LogP contribution in [0.4, 0.5) is 0 Å². The molecule has 9 aliphatic rings. The van der Waals surface area contributed by atoms with E-state index in [1.165, 1.54) is 0 Å². The van der Waals surface area contributed by atoms with Crippen molar-refractivity contribution >= 4 is 0 Å². The molecule has 5 saturated heterocycles. The molecule has 9 fully saturated rings. The van der Waals surface area contributed by atoms with Gasteiger partial charge in [-0.25, -0.2) is 0 Å². The summed E-state index contributed by atoms with van der Waals surface area (Å²) in [6, 6.07) is 0. The zero-order chi connectivity index (χ0) is 44.2. The molecule has 9 rings (SSSR count). The van der Waals surface area contributed by atoms with E-state index in [9.17, 15) is 51.1 Å². The molecule has 0 unspecified atom stereocenters. The van der Waals surface area contributed by atoms with Crippen molar-refractivity contribution in [1.29, 1.82) is 0 Å². The molecule has 18 heteroatoms. The summed E-state index contributed by atoms with van der Waals surface area (Å²) in [7, 11) is 0. The zero-order valence-electron chi connectivity index (χ0n) is 36.3. The maximum atomic E-state index is 12.1. The number of fused-ring (bicyclic) bond motifs is 7. The summed E-state index contributed by atoms with van der Waals surface area (Å²) in [5.74, 6) is 2.39. The van der Waals surface area contributed by atoms with Crippen molar-refractivity contribution in [2.24, 2.45) is 52.3 Å². The molecule has 0 bridgehead atoms. The first-order valence-electron chi connectivity index (χ1n) is 23.3. The predicted octanol–water partition coefficient (Wildman–Crippen LogP) is -1.12.